The summed E-state index contributed by atoms with van der Waals surface area (Å²) in [6.07, 6.45) is 23.7. The summed E-state index contributed by atoms with van der Waals surface area (Å²) in [4.78, 5) is 14.8. The maximum atomic E-state index is 12.7. The second-order valence-corrected chi connectivity index (χ2v) is 9.35. The van der Waals surface area contributed by atoms with E-state index in [2.05, 4.69) is 39.8 Å². The van der Waals surface area contributed by atoms with Crippen LogP contribution in [0.5, 0.6) is 0 Å². The minimum absolute atomic E-state index is 0.161. The molecule has 0 aromatic rings. The van der Waals surface area contributed by atoms with E-state index in [0.29, 0.717) is 18.8 Å². The lowest BCUT2D eigenvalue weighted by molar-refractivity contribution is -0.134. The van der Waals surface area contributed by atoms with Crippen LogP contribution in [-0.4, -0.2) is 35.1 Å². The first-order valence-corrected chi connectivity index (χ1v) is 13.1. The molecule has 0 saturated heterocycles. The third kappa shape index (κ3) is 16.9. The van der Waals surface area contributed by atoms with Gasteiger partial charge >= 0.3 is 0 Å². The van der Waals surface area contributed by atoms with Crippen LogP contribution in [0.1, 0.15) is 130 Å². The third-order valence-corrected chi connectivity index (χ3v) is 5.91. The van der Waals surface area contributed by atoms with Crippen molar-refractivity contribution >= 4 is 5.91 Å². The van der Waals surface area contributed by atoms with Crippen molar-refractivity contribution in [3.63, 3.8) is 0 Å². The van der Waals surface area contributed by atoms with E-state index in [9.17, 15) is 9.90 Å². The quantitative estimate of drug-likeness (QED) is 0.152. The summed E-state index contributed by atoms with van der Waals surface area (Å²) in [6.45, 7) is 9.67. The second kappa shape index (κ2) is 21.4. The van der Waals surface area contributed by atoms with Crippen LogP contribution in [0.15, 0.2) is 12.2 Å². The highest BCUT2D eigenvalue weighted by Crippen LogP contribution is 2.16. The smallest absolute Gasteiger partial charge is 0.222 e. The van der Waals surface area contributed by atoms with Crippen molar-refractivity contribution in [3.8, 4) is 0 Å². The average Bonchev–Trinajstić information content (AvgIpc) is 2.73. The van der Waals surface area contributed by atoms with Crippen LogP contribution in [0, 0.1) is 5.92 Å². The molecule has 0 bridgehead atoms. The number of aliphatic hydroxyl groups is 1. The molecule has 3 heteroatoms. The summed E-state index contributed by atoms with van der Waals surface area (Å²) in [5, 5.41) is 9.31. The van der Waals surface area contributed by atoms with Gasteiger partial charge < -0.3 is 10.0 Å². The van der Waals surface area contributed by atoms with Gasteiger partial charge in [0.2, 0.25) is 5.91 Å². The molecule has 0 aliphatic heterocycles. The fraction of sp³-hybridized carbons (Fsp3) is 0.889. The molecule has 3 nitrogen and oxygen atoms in total. The molecule has 0 spiro atoms. The highest BCUT2D eigenvalue weighted by molar-refractivity contribution is 5.76. The lowest BCUT2D eigenvalue weighted by Crippen LogP contribution is -2.42. The van der Waals surface area contributed by atoms with E-state index in [1.165, 1.54) is 70.6 Å². The number of rotatable bonds is 21. The van der Waals surface area contributed by atoms with Gasteiger partial charge in [-0.05, 0) is 50.9 Å². The number of hydrogen-bond donors (Lipinski definition) is 1. The SMILES string of the molecule is CCCCCCCC/C=C\CCCCCCCC(=O)N(CC(C)C)C(CC)CCO. The van der Waals surface area contributed by atoms with Crippen molar-refractivity contribution in [2.75, 3.05) is 13.2 Å². The molecule has 0 rings (SSSR count). The molecule has 0 aromatic carbocycles. The first kappa shape index (κ1) is 29.2. The molecule has 1 atom stereocenters. The number of amides is 1. The molecule has 0 saturated carbocycles. The largest absolute Gasteiger partial charge is 0.396 e. The Balaban J connectivity index is 3.77. The molecular formula is C27H53NO2. The number of carbonyl (C=O) groups excluding carboxylic acids is 1. The van der Waals surface area contributed by atoms with Gasteiger partial charge in [0.15, 0.2) is 0 Å². The van der Waals surface area contributed by atoms with Crippen LogP contribution in [0.4, 0.5) is 0 Å². The Labute approximate surface area is 188 Å². The van der Waals surface area contributed by atoms with Crippen molar-refractivity contribution in [3.05, 3.63) is 12.2 Å². The standard InChI is InChI=1S/C27H53NO2/c1-5-7-8-9-10-11-12-13-14-15-16-17-18-19-20-21-27(30)28(24-25(3)4)26(6-2)22-23-29/h13-14,25-26,29H,5-12,15-24H2,1-4H3/b14-13-. The van der Waals surface area contributed by atoms with Gasteiger partial charge in [-0.25, -0.2) is 0 Å². The van der Waals surface area contributed by atoms with Gasteiger partial charge in [-0.1, -0.05) is 91.2 Å². The fourth-order valence-corrected chi connectivity index (χ4v) is 4.07. The van der Waals surface area contributed by atoms with E-state index in [-0.39, 0.29) is 18.6 Å². The third-order valence-electron chi connectivity index (χ3n) is 5.91. The van der Waals surface area contributed by atoms with Gasteiger partial charge in [0.1, 0.15) is 0 Å². The van der Waals surface area contributed by atoms with Crippen molar-refractivity contribution in [2.24, 2.45) is 5.92 Å². The Hall–Kier alpha value is -0.830. The van der Waals surface area contributed by atoms with Crippen molar-refractivity contribution in [1.29, 1.82) is 0 Å². The van der Waals surface area contributed by atoms with Crippen LogP contribution >= 0.6 is 0 Å². The number of carbonyl (C=O) groups is 1. The zero-order valence-corrected chi connectivity index (χ0v) is 20.8. The van der Waals surface area contributed by atoms with E-state index < -0.39 is 0 Å². The Bertz CT molecular complexity index is 406. The summed E-state index contributed by atoms with van der Waals surface area (Å²) < 4.78 is 0. The Kier molecular flexibility index (Phi) is 20.8. The first-order chi connectivity index (χ1) is 14.6. The van der Waals surface area contributed by atoms with Crippen LogP contribution in [0.2, 0.25) is 0 Å². The van der Waals surface area contributed by atoms with Crippen LogP contribution in [0.25, 0.3) is 0 Å². The Morgan fingerprint density at radius 1 is 0.833 bits per heavy atom. The highest BCUT2D eigenvalue weighted by atomic mass is 16.3. The van der Waals surface area contributed by atoms with Gasteiger partial charge in [0, 0.05) is 25.6 Å². The summed E-state index contributed by atoms with van der Waals surface area (Å²) in [7, 11) is 0. The van der Waals surface area contributed by atoms with E-state index in [4.69, 9.17) is 0 Å². The molecule has 30 heavy (non-hydrogen) atoms. The Morgan fingerprint density at radius 3 is 1.87 bits per heavy atom. The molecule has 0 aliphatic rings. The van der Waals surface area contributed by atoms with Crippen molar-refractivity contribution < 1.29 is 9.90 Å². The van der Waals surface area contributed by atoms with Gasteiger partial charge in [0.05, 0.1) is 0 Å². The average molecular weight is 424 g/mol. The van der Waals surface area contributed by atoms with E-state index in [0.717, 1.165) is 25.8 Å². The van der Waals surface area contributed by atoms with Crippen LogP contribution < -0.4 is 0 Å². The van der Waals surface area contributed by atoms with Gasteiger partial charge in [-0.3, -0.25) is 4.79 Å². The number of nitrogens with zero attached hydrogens (tertiary/aromatic N) is 1. The zero-order chi connectivity index (χ0) is 22.5. The minimum atomic E-state index is 0.161. The number of hydrogen-bond acceptors (Lipinski definition) is 2. The molecule has 1 N–H and O–H groups in total. The highest BCUT2D eigenvalue weighted by Gasteiger charge is 2.22. The molecule has 0 aliphatic carbocycles. The summed E-state index contributed by atoms with van der Waals surface area (Å²) in [5.41, 5.74) is 0. The lowest BCUT2D eigenvalue weighted by atomic mass is 10.0. The second-order valence-electron chi connectivity index (χ2n) is 9.35. The van der Waals surface area contributed by atoms with Crippen LogP contribution in [0.3, 0.4) is 0 Å². The number of aliphatic hydroxyl groups excluding tert-OH is 1. The van der Waals surface area contributed by atoms with Crippen molar-refractivity contribution in [1.82, 2.24) is 4.90 Å². The fourth-order valence-electron chi connectivity index (χ4n) is 4.07. The number of allylic oxidation sites excluding steroid dienone is 2. The van der Waals surface area contributed by atoms with E-state index in [1.807, 2.05) is 4.90 Å². The van der Waals surface area contributed by atoms with Crippen molar-refractivity contribution in [2.45, 2.75) is 136 Å². The molecule has 1 unspecified atom stereocenters. The minimum Gasteiger partial charge on any atom is -0.396 e. The summed E-state index contributed by atoms with van der Waals surface area (Å²) in [5.74, 6) is 0.748. The predicted octanol–water partition coefficient (Wildman–Crippen LogP) is 7.67. The van der Waals surface area contributed by atoms with Gasteiger partial charge in [0.25, 0.3) is 0 Å². The normalized spacial score (nSPS) is 12.7. The summed E-state index contributed by atoms with van der Waals surface area (Å²) >= 11 is 0. The van der Waals surface area contributed by atoms with Gasteiger partial charge in [-0.15, -0.1) is 0 Å². The maximum Gasteiger partial charge on any atom is 0.222 e. The Morgan fingerprint density at radius 2 is 1.37 bits per heavy atom. The van der Waals surface area contributed by atoms with E-state index >= 15 is 0 Å². The van der Waals surface area contributed by atoms with E-state index in [1.54, 1.807) is 0 Å². The molecule has 0 aromatic heterocycles. The first-order valence-electron chi connectivity index (χ1n) is 13.1. The molecule has 0 fully saturated rings. The molecule has 0 radical (unpaired) electrons. The predicted molar refractivity (Wildman–Crippen MR) is 132 cm³/mol. The molecule has 0 heterocycles. The lowest BCUT2D eigenvalue weighted by Gasteiger charge is -2.32. The molecule has 178 valence electrons. The molecular weight excluding hydrogens is 370 g/mol. The van der Waals surface area contributed by atoms with Gasteiger partial charge in [-0.2, -0.15) is 0 Å². The topological polar surface area (TPSA) is 40.5 Å². The monoisotopic (exact) mass is 423 g/mol. The summed E-state index contributed by atoms with van der Waals surface area (Å²) in [6, 6.07) is 0.188. The van der Waals surface area contributed by atoms with Crippen LogP contribution in [-0.2, 0) is 4.79 Å². The molecule has 1 amide bonds. The number of unbranched alkanes of at least 4 members (excludes halogenated alkanes) is 11. The maximum absolute atomic E-state index is 12.7. The zero-order valence-electron chi connectivity index (χ0n) is 20.8.